The summed E-state index contributed by atoms with van der Waals surface area (Å²) < 4.78 is 0. The van der Waals surface area contributed by atoms with Crippen molar-refractivity contribution in [3.8, 4) is 0 Å². The minimum absolute atomic E-state index is 0. The first-order valence-electron chi connectivity index (χ1n) is 2.08. The van der Waals surface area contributed by atoms with Gasteiger partial charge in [-0.1, -0.05) is 0 Å². The molecule has 1 aliphatic rings. The fraction of sp³-hybridized carbons (Fsp3) is 1.00. The molecule has 1 heterocycles. The van der Waals surface area contributed by atoms with Crippen LogP contribution in [0, 0.1) is 0 Å². The molecule has 0 unspecified atom stereocenters. The molecular formula is C4H9ClFeS. The summed E-state index contributed by atoms with van der Waals surface area (Å²) in [5.41, 5.74) is 0. The predicted molar refractivity (Wildman–Crippen MR) is 33.8 cm³/mol. The Labute approximate surface area is 65.7 Å². The minimum atomic E-state index is 0. The molecule has 3 heteroatoms. The van der Waals surface area contributed by atoms with Gasteiger partial charge in [0.1, 0.15) is 0 Å². The summed E-state index contributed by atoms with van der Waals surface area (Å²) in [7, 11) is 0. The van der Waals surface area contributed by atoms with Gasteiger partial charge in [0.2, 0.25) is 0 Å². The van der Waals surface area contributed by atoms with Gasteiger partial charge in [-0.15, -0.1) is 12.4 Å². The molecule has 0 bridgehead atoms. The summed E-state index contributed by atoms with van der Waals surface area (Å²) in [5.74, 6) is 2.83. The normalized spacial score (nSPS) is 17.1. The average molecular weight is 180 g/mol. The molecule has 0 N–H and O–H groups in total. The Kier molecular flexibility index (Phi) is 11.3. The topological polar surface area (TPSA) is 0 Å². The van der Waals surface area contributed by atoms with Gasteiger partial charge in [0, 0.05) is 17.1 Å². The summed E-state index contributed by atoms with van der Waals surface area (Å²) in [6.07, 6.45) is 2.93. The van der Waals surface area contributed by atoms with Gasteiger partial charge in [-0.3, -0.25) is 0 Å². The van der Waals surface area contributed by atoms with E-state index in [2.05, 4.69) is 11.8 Å². The maximum atomic E-state index is 2.07. The van der Waals surface area contributed by atoms with E-state index in [1.54, 1.807) is 0 Å². The molecule has 7 heavy (non-hydrogen) atoms. The molecule has 1 rings (SSSR count). The summed E-state index contributed by atoms with van der Waals surface area (Å²) >= 11 is 2.07. The third-order valence-corrected chi connectivity index (χ3v) is 1.98. The van der Waals surface area contributed by atoms with Gasteiger partial charge in [0.25, 0.3) is 0 Å². The molecule has 0 spiro atoms. The first kappa shape index (κ1) is 11.0. The van der Waals surface area contributed by atoms with Crippen LogP contribution in [0.3, 0.4) is 0 Å². The van der Waals surface area contributed by atoms with Crippen LogP contribution in [0.2, 0.25) is 0 Å². The molecule has 0 atom stereocenters. The van der Waals surface area contributed by atoms with Crippen molar-refractivity contribution >= 4 is 24.2 Å². The van der Waals surface area contributed by atoms with Crippen molar-refractivity contribution in [1.29, 1.82) is 0 Å². The smallest absolute Gasteiger partial charge is 0 e. The van der Waals surface area contributed by atoms with Crippen LogP contribution in [-0.2, 0) is 17.1 Å². The summed E-state index contributed by atoms with van der Waals surface area (Å²) in [6.45, 7) is 0. The molecule has 0 aromatic heterocycles. The third-order valence-electron chi connectivity index (χ3n) is 0.827. The van der Waals surface area contributed by atoms with Crippen molar-refractivity contribution < 1.29 is 17.1 Å². The number of rotatable bonds is 0. The van der Waals surface area contributed by atoms with Crippen LogP contribution in [0.25, 0.3) is 0 Å². The SMILES string of the molecule is C1CCSC1.Cl.[Fe]. The molecule has 0 amide bonds. The van der Waals surface area contributed by atoms with Crippen LogP contribution in [-0.4, -0.2) is 11.5 Å². The maximum absolute atomic E-state index is 2.07. The van der Waals surface area contributed by atoms with E-state index in [1.165, 1.54) is 24.3 Å². The number of hydrogen-bond donors (Lipinski definition) is 0. The van der Waals surface area contributed by atoms with Gasteiger partial charge < -0.3 is 0 Å². The van der Waals surface area contributed by atoms with E-state index in [9.17, 15) is 0 Å². The average Bonchev–Trinajstić information content (AvgIpc) is 1.76. The fourth-order valence-corrected chi connectivity index (χ4v) is 1.53. The van der Waals surface area contributed by atoms with Crippen molar-refractivity contribution in [2.75, 3.05) is 11.5 Å². The van der Waals surface area contributed by atoms with Crippen LogP contribution in [0.15, 0.2) is 0 Å². The summed E-state index contributed by atoms with van der Waals surface area (Å²) in [6, 6.07) is 0. The zero-order valence-corrected chi connectivity index (χ0v) is 6.74. The van der Waals surface area contributed by atoms with Gasteiger partial charge in [0.15, 0.2) is 0 Å². The van der Waals surface area contributed by atoms with Crippen molar-refractivity contribution in [1.82, 2.24) is 0 Å². The second-order valence-corrected chi connectivity index (χ2v) is 2.54. The Morgan fingerprint density at radius 3 is 1.57 bits per heavy atom. The Hall–Kier alpha value is 1.16. The van der Waals surface area contributed by atoms with E-state index in [-0.39, 0.29) is 29.5 Å². The fourth-order valence-electron chi connectivity index (χ4n) is 0.510. The van der Waals surface area contributed by atoms with Crippen molar-refractivity contribution in [3.05, 3.63) is 0 Å². The van der Waals surface area contributed by atoms with Crippen LogP contribution >= 0.6 is 24.2 Å². The second-order valence-electron chi connectivity index (χ2n) is 1.32. The molecule has 0 radical (unpaired) electrons. The van der Waals surface area contributed by atoms with Crippen LogP contribution in [0.1, 0.15) is 12.8 Å². The van der Waals surface area contributed by atoms with E-state index in [0.29, 0.717) is 0 Å². The first-order valence-corrected chi connectivity index (χ1v) is 3.23. The monoisotopic (exact) mass is 180 g/mol. The quantitative estimate of drug-likeness (QED) is 0.514. The molecule has 1 aliphatic heterocycles. The summed E-state index contributed by atoms with van der Waals surface area (Å²) in [5, 5.41) is 0. The number of halogens is 1. The van der Waals surface area contributed by atoms with E-state index in [4.69, 9.17) is 0 Å². The van der Waals surface area contributed by atoms with Gasteiger partial charge >= 0.3 is 0 Å². The zero-order chi connectivity index (χ0) is 3.54. The standard InChI is InChI=1S/C4H8S.ClH.Fe/c1-2-4-5-3-1;;/h1-4H2;1H;. The van der Waals surface area contributed by atoms with E-state index in [0.717, 1.165) is 0 Å². The molecule has 1 saturated heterocycles. The molecule has 0 saturated carbocycles. The zero-order valence-electron chi connectivity index (χ0n) is 4.00. The van der Waals surface area contributed by atoms with E-state index >= 15 is 0 Å². The van der Waals surface area contributed by atoms with Crippen molar-refractivity contribution in [2.24, 2.45) is 0 Å². The Balaban J connectivity index is 0. The molecular weight excluding hydrogens is 171 g/mol. The minimum Gasteiger partial charge on any atom is -0.162 e. The summed E-state index contributed by atoms with van der Waals surface area (Å²) in [4.78, 5) is 0. The van der Waals surface area contributed by atoms with Crippen molar-refractivity contribution in [3.63, 3.8) is 0 Å². The van der Waals surface area contributed by atoms with E-state index < -0.39 is 0 Å². The molecule has 0 nitrogen and oxygen atoms in total. The number of thioether (sulfide) groups is 1. The molecule has 0 aromatic carbocycles. The molecule has 46 valence electrons. The predicted octanol–water partition coefficient (Wildman–Crippen LogP) is 1.93. The third kappa shape index (κ3) is 5.02. The van der Waals surface area contributed by atoms with Gasteiger partial charge in [-0.25, -0.2) is 0 Å². The Bertz CT molecular complexity index is 23.3. The van der Waals surface area contributed by atoms with Gasteiger partial charge in [0.05, 0.1) is 0 Å². The van der Waals surface area contributed by atoms with Crippen molar-refractivity contribution in [2.45, 2.75) is 12.8 Å². The first-order chi connectivity index (χ1) is 2.50. The van der Waals surface area contributed by atoms with Crippen LogP contribution < -0.4 is 0 Å². The largest absolute Gasteiger partial charge is 0.162 e. The Morgan fingerprint density at radius 2 is 1.43 bits per heavy atom. The molecule has 1 fully saturated rings. The Morgan fingerprint density at radius 1 is 1.00 bits per heavy atom. The van der Waals surface area contributed by atoms with Gasteiger partial charge in [-0.2, -0.15) is 11.8 Å². The van der Waals surface area contributed by atoms with Crippen LogP contribution in [0.5, 0.6) is 0 Å². The van der Waals surface area contributed by atoms with Crippen LogP contribution in [0.4, 0.5) is 0 Å². The number of hydrogen-bond acceptors (Lipinski definition) is 1. The molecule has 0 aromatic rings. The molecule has 0 aliphatic carbocycles. The second kappa shape index (κ2) is 7.16. The van der Waals surface area contributed by atoms with Gasteiger partial charge in [-0.05, 0) is 24.3 Å². The maximum Gasteiger partial charge on any atom is 0 e. The van der Waals surface area contributed by atoms with E-state index in [1.807, 2.05) is 0 Å².